The predicted molar refractivity (Wildman–Crippen MR) is 37.3 cm³/mol. The van der Waals surface area contributed by atoms with E-state index in [1.54, 1.807) is 18.2 Å². The second kappa shape index (κ2) is 4.85. The smallest absolute Gasteiger partial charge is 0.133 e. The molecule has 1 radical (unpaired) electrons. The predicted octanol–water partition coefficient (Wildman–Crippen LogP) is 1.88. The molecule has 2 N–H and O–H groups in total. The molecule has 0 saturated carbocycles. The van der Waals surface area contributed by atoms with Gasteiger partial charge in [-0.2, -0.15) is 0 Å². The Balaban J connectivity index is 0.000001000. The van der Waals surface area contributed by atoms with Crippen molar-refractivity contribution >= 4 is 11.4 Å². The van der Waals surface area contributed by atoms with Crippen molar-refractivity contribution in [2.45, 2.75) is 0 Å². The Hall–Kier alpha value is -0.901. The zero-order valence-corrected chi connectivity index (χ0v) is 6.67. The second-order valence-corrected chi connectivity index (χ2v) is 1.72. The standard InChI is InChI=1S/C6H6N2O2.Mn/c9-7-5-3-1-2-4-6(5)8-10;/h1-4,7,9H;. The van der Waals surface area contributed by atoms with Crippen LogP contribution in [0.15, 0.2) is 29.4 Å². The van der Waals surface area contributed by atoms with Crippen molar-refractivity contribution in [3.05, 3.63) is 29.2 Å². The van der Waals surface area contributed by atoms with E-state index < -0.39 is 0 Å². The van der Waals surface area contributed by atoms with E-state index >= 15 is 0 Å². The molecule has 0 saturated heterocycles. The Morgan fingerprint density at radius 2 is 2.00 bits per heavy atom. The van der Waals surface area contributed by atoms with Gasteiger partial charge in [0.15, 0.2) is 0 Å². The second-order valence-electron chi connectivity index (χ2n) is 1.72. The van der Waals surface area contributed by atoms with Gasteiger partial charge in [-0.05, 0) is 17.3 Å². The number of benzene rings is 1. The fourth-order valence-electron chi connectivity index (χ4n) is 0.648. The third kappa shape index (κ3) is 2.31. The molecule has 0 unspecified atom stereocenters. The molecule has 59 valence electrons. The largest absolute Gasteiger partial charge is 0.291 e. The van der Waals surface area contributed by atoms with Gasteiger partial charge in [0.25, 0.3) is 0 Å². The minimum Gasteiger partial charge on any atom is -0.291 e. The number of hydrogen-bond acceptors (Lipinski definition) is 4. The monoisotopic (exact) mass is 193 g/mol. The molecule has 11 heavy (non-hydrogen) atoms. The van der Waals surface area contributed by atoms with Gasteiger partial charge in [-0.3, -0.25) is 10.7 Å². The van der Waals surface area contributed by atoms with Crippen molar-refractivity contribution in [1.29, 1.82) is 0 Å². The topological polar surface area (TPSA) is 61.7 Å². The van der Waals surface area contributed by atoms with Gasteiger partial charge in [-0.1, -0.05) is 12.1 Å². The van der Waals surface area contributed by atoms with Crippen LogP contribution in [0.1, 0.15) is 0 Å². The van der Waals surface area contributed by atoms with Crippen LogP contribution in [0.2, 0.25) is 0 Å². The zero-order valence-electron chi connectivity index (χ0n) is 5.49. The van der Waals surface area contributed by atoms with Gasteiger partial charge >= 0.3 is 0 Å². The van der Waals surface area contributed by atoms with E-state index in [0.717, 1.165) is 0 Å². The van der Waals surface area contributed by atoms with Crippen molar-refractivity contribution < 1.29 is 22.3 Å². The van der Waals surface area contributed by atoms with E-state index in [9.17, 15) is 4.91 Å². The fourth-order valence-corrected chi connectivity index (χ4v) is 0.648. The molecule has 0 fully saturated rings. The first-order chi connectivity index (χ1) is 4.88. The Bertz CT molecular complexity index is 242. The van der Waals surface area contributed by atoms with Gasteiger partial charge in [-0.25, -0.2) is 0 Å². The summed E-state index contributed by atoms with van der Waals surface area (Å²) in [6.45, 7) is 0. The molecule has 1 rings (SSSR count). The Morgan fingerprint density at radius 1 is 1.36 bits per heavy atom. The summed E-state index contributed by atoms with van der Waals surface area (Å²) in [5.41, 5.74) is 2.37. The normalized spacial score (nSPS) is 8.09. The summed E-state index contributed by atoms with van der Waals surface area (Å²) in [6, 6.07) is 6.41. The van der Waals surface area contributed by atoms with E-state index in [0.29, 0.717) is 5.69 Å². The summed E-state index contributed by atoms with van der Waals surface area (Å²) < 4.78 is 0. The Kier molecular flexibility index (Phi) is 4.45. The molecule has 0 aliphatic heterocycles. The SMILES string of the molecule is O=Nc1ccccc1NO.[Mn]. The molecular weight excluding hydrogens is 187 g/mol. The van der Waals surface area contributed by atoms with E-state index in [4.69, 9.17) is 5.21 Å². The van der Waals surface area contributed by atoms with Crippen LogP contribution >= 0.6 is 0 Å². The molecule has 0 heterocycles. The van der Waals surface area contributed by atoms with Gasteiger partial charge in [-0.15, -0.1) is 4.91 Å². The zero-order chi connectivity index (χ0) is 7.40. The molecular formula is C6H6MnN2O2. The van der Waals surface area contributed by atoms with Gasteiger partial charge in [0, 0.05) is 17.1 Å². The summed E-state index contributed by atoms with van der Waals surface area (Å²) in [6.07, 6.45) is 0. The van der Waals surface area contributed by atoms with Crippen molar-refractivity contribution in [3.63, 3.8) is 0 Å². The number of anilines is 1. The number of hydrogen-bond donors (Lipinski definition) is 2. The van der Waals surface area contributed by atoms with Gasteiger partial charge in [0.1, 0.15) is 5.69 Å². The third-order valence-corrected chi connectivity index (χ3v) is 1.12. The van der Waals surface area contributed by atoms with E-state index in [-0.39, 0.29) is 22.8 Å². The molecule has 5 heteroatoms. The van der Waals surface area contributed by atoms with Crippen LogP contribution in [-0.4, -0.2) is 5.21 Å². The summed E-state index contributed by atoms with van der Waals surface area (Å²) in [7, 11) is 0. The van der Waals surface area contributed by atoms with E-state index in [1.165, 1.54) is 6.07 Å². The van der Waals surface area contributed by atoms with Crippen LogP contribution in [0.3, 0.4) is 0 Å². The number of nitrogens with zero attached hydrogens (tertiary/aromatic N) is 1. The molecule has 0 aliphatic rings. The van der Waals surface area contributed by atoms with Gasteiger partial charge < -0.3 is 0 Å². The van der Waals surface area contributed by atoms with Crippen molar-refractivity contribution in [1.82, 2.24) is 0 Å². The van der Waals surface area contributed by atoms with E-state index in [1.807, 2.05) is 5.48 Å². The Morgan fingerprint density at radius 3 is 2.45 bits per heavy atom. The molecule has 1 aromatic carbocycles. The van der Waals surface area contributed by atoms with Crippen molar-refractivity contribution in [2.75, 3.05) is 5.48 Å². The molecule has 0 aromatic heterocycles. The number of para-hydroxylation sites is 1. The molecule has 0 amide bonds. The summed E-state index contributed by atoms with van der Waals surface area (Å²) in [4.78, 5) is 9.99. The fraction of sp³-hybridized carbons (Fsp3) is 0. The van der Waals surface area contributed by atoms with E-state index in [2.05, 4.69) is 5.18 Å². The molecule has 4 nitrogen and oxygen atoms in total. The van der Waals surface area contributed by atoms with Gasteiger partial charge in [0.05, 0.1) is 5.69 Å². The first kappa shape index (κ1) is 10.1. The summed E-state index contributed by atoms with van der Waals surface area (Å²) >= 11 is 0. The molecule has 1 aromatic rings. The van der Waals surface area contributed by atoms with Crippen LogP contribution < -0.4 is 5.48 Å². The van der Waals surface area contributed by atoms with Crippen LogP contribution in [0.5, 0.6) is 0 Å². The molecule has 0 atom stereocenters. The molecule has 0 aliphatic carbocycles. The maximum Gasteiger partial charge on any atom is 0.133 e. The summed E-state index contributed by atoms with van der Waals surface area (Å²) in [5, 5.41) is 11.1. The van der Waals surface area contributed by atoms with Gasteiger partial charge in [0.2, 0.25) is 0 Å². The third-order valence-electron chi connectivity index (χ3n) is 1.12. The maximum atomic E-state index is 9.99. The van der Waals surface area contributed by atoms with Crippen molar-refractivity contribution in [2.24, 2.45) is 5.18 Å². The number of nitroso groups, excluding NO2 is 1. The van der Waals surface area contributed by atoms with Crippen LogP contribution in [0, 0.1) is 4.91 Å². The first-order valence-corrected chi connectivity index (χ1v) is 2.71. The maximum absolute atomic E-state index is 9.99. The Labute approximate surface area is 74.0 Å². The average molecular weight is 193 g/mol. The van der Waals surface area contributed by atoms with Crippen molar-refractivity contribution in [3.8, 4) is 0 Å². The van der Waals surface area contributed by atoms with Crippen LogP contribution in [0.4, 0.5) is 11.4 Å². The average Bonchev–Trinajstić information content (AvgIpc) is 2.04. The minimum absolute atomic E-state index is 0. The van der Waals surface area contributed by atoms with Crippen LogP contribution in [0.25, 0.3) is 0 Å². The quantitative estimate of drug-likeness (QED) is 0.428. The minimum atomic E-state index is 0. The molecule has 0 spiro atoms. The number of nitrogens with one attached hydrogen (secondary N) is 1. The molecule has 0 bridgehead atoms. The summed E-state index contributed by atoms with van der Waals surface area (Å²) in [5.74, 6) is 0. The number of rotatable bonds is 2. The van der Waals surface area contributed by atoms with Crippen LogP contribution in [-0.2, 0) is 17.1 Å². The first-order valence-electron chi connectivity index (χ1n) is 2.71.